The van der Waals surface area contributed by atoms with Crippen LogP contribution in [0.4, 0.5) is 4.79 Å². The SMILES string of the molecule is CC(C)(C)OC(=O)NC12C(C(=O)O)CC(O)C1C2C(=O)O. The number of carboxylic acids is 2. The van der Waals surface area contributed by atoms with Gasteiger partial charge >= 0.3 is 18.0 Å². The van der Waals surface area contributed by atoms with Crippen molar-refractivity contribution in [1.82, 2.24) is 5.32 Å². The Morgan fingerprint density at radius 2 is 1.76 bits per heavy atom. The Morgan fingerprint density at radius 1 is 1.19 bits per heavy atom. The van der Waals surface area contributed by atoms with Crippen LogP contribution >= 0.6 is 0 Å². The molecule has 2 aliphatic rings. The minimum Gasteiger partial charge on any atom is -0.481 e. The molecule has 8 heteroatoms. The number of aliphatic carboxylic acids is 2. The fourth-order valence-corrected chi connectivity index (χ4v) is 3.40. The van der Waals surface area contributed by atoms with Crippen LogP contribution in [0.15, 0.2) is 0 Å². The van der Waals surface area contributed by atoms with Crippen LogP contribution in [0.25, 0.3) is 0 Å². The fraction of sp³-hybridized carbons (Fsp3) is 0.769. The normalized spacial score (nSPS) is 37.5. The molecule has 0 aromatic heterocycles. The molecule has 2 fully saturated rings. The summed E-state index contributed by atoms with van der Waals surface area (Å²) in [6.45, 7) is 4.92. The maximum atomic E-state index is 11.9. The van der Waals surface area contributed by atoms with Crippen LogP contribution in [0.5, 0.6) is 0 Å². The van der Waals surface area contributed by atoms with E-state index in [0.717, 1.165) is 0 Å². The summed E-state index contributed by atoms with van der Waals surface area (Å²) in [6, 6.07) is 0. The van der Waals surface area contributed by atoms with Crippen LogP contribution in [0.3, 0.4) is 0 Å². The van der Waals surface area contributed by atoms with Crippen molar-refractivity contribution in [2.75, 3.05) is 0 Å². The van der Waals surface area contributed by atoms with E-state index in [4.69, 9.17) is 4.74 Å². The third-order valence-electron chi connectivity index (χ3n) is 4.07. The van der Waals surface area contributed by atoms with Gasteiger partial charge in [-0.1, -0.05) is 0 Å². The van der Waals surface area contributed by atoms with Crippen LogP contribution in [-0.2, 0) is 14.3 Å². The molecule has 21 heavy (non-hydrogen) atoms. The number of ether oxygens (including phenoxy) is 1. The van der Waals surface area contributed by atoms with Crippen molar-refractivity contribution in [2.24, 2.45) is 17.8 Å². The van der Waals surface area contributed by atoms with Gasteiger partial charge in [0, 0.05) is 5.92 Å². The molecule has 118 valence electrons. The minimum absolute atomic E-state index is 0.0838. The van der Waals surface area contributed by atoms with Gasteiger partial charge in [0.05, 0.1) is 23.5 Å². The Bertz CT molecular complexity index is 497. The van der Waals surface area contributed by atoms with Gasteiger partial charge in [-0.25, -0.2) is 4.79 Å². The van der Waals surface area contributed by atoms with Gasteiger partial charge in [0.2, 0.25) is 0 Å². The molecule has 0 aromatic rings. The number of hydrogen-bond acceptors (Lipinski definition) is 5. The van der Waals surface area contributed by atoms with E-state index in [1.165, 1.54) is 0 Å². The zero-order chi connectivity index (χ0) is 16.2. The molecule has 2 aliphatic carbocycles. The van der Waals surface area contributed by atoms with Crippen LogP contribution in [0, 0.1) is 17.8 Å². The van der Waals surface area contributed by atoms with Gasteiger partial charge < -0.3 is 25.4 Å². The number of aliphatic hydroxyl groups excluding tert-OH is 1. The lowest BCUT2D eigenvalue weighted by molar-refractivity contribution is -0.145. The van der Waals surface area contributed by atoms with Gasteiger partial charge in [-0.2, -0.15) is 0 Å². The Hall–Kier alpha value is -1.83. The van der Waals surface area contributed by atoms with Crippen molar-refractivity contribution in [3.63, 3.8) is 0 Å². The van der Waals surface area contributed by atoms with Crippen molar-refractivity contribution in [3.05, 3.63) is 0 Å². The summed E-state index contributed by atoms with van der Waals surface area (Å²) in [5.41, 5.74) is -2.26. The molecule has 5 unspecified atom stereocenters. The summed E-state index contributed by atoms with van der Waals surface area (Å²) in [4.78, 5) is 34.5. The number of amides is 1. The molecule has 8 nitrogen and oxygen atoms in total. The molecule has 5 atom stereocenters. The van der Waals surface area contributed by atoms with Crippen molar-refractivity contribution in [1.29, 1.82) is 0 Å². The van der Waals surface area contributed by atoms with Gasteiger partial charge in [0.15, 0.2) is 0 Å². The first-order chi connectivity index (χ1) is 9.50. The molecule has 0 aromatic carbocycles. The van der Waals surface area contributed by atoms with Crippen LogP contribution in [0.1, 0.15) is 27.2 Å². The first-order valence-corrected chi connectivity index (χ1v) is 6.65. The second kappa shape index (κ2) is 4.59. The average molecular weight is 301 g/mol. The number of hydrogen-bond donors (Lipinski definition) is 4. The molecule has 0 radical (unpaired) electrons. The zero-order valence-electron chi connectivity index (χ0n) is 12.0. The van der Waals surface area contributed by atoms with Gasteiger partial charge in [-0.05, 0) is 27.2 Å². The molecule has 0 saturated heterocycles. The molecule has 2 saturated carbocycles. The zero-order valence-corrected chi connectivity index (χ0v) is 12.0. The van der Waals surface area contributed by atoms with E-state index in [9.17, 15) is 29.7 Å². The molecule has 0 spiro atoms. The highest BCUT2D eigenvalue weighted by molar-refractivity contribution is 5.86. The van der Waals surface area contributed by atoms with E-state index in [-0.39, 0.29) is 6.42 Å². The van der Waals surface area contributed by atoms with Crippen molar-refractivity contribution < 1.29 is 34.4 Å². The predicted molar refractivity (Wildman–Crippen MR) is 68.5 cm³/mol. The van der Waals surface area contributed by atoms with Gasteiger partial charge in [-0.3, -0.25) is 9.59 Å². The van der Waals surface area contributed by atoms with Crippen molar-refractivity contribution in [3.8, 4) is 0 Å². The molecule has 0 heterocycles. The summed E-state index contributed by atoms with van der Waals surface area (Å²) >= 11 is 0. The van der Waals surface area contributed by atoms with Crippen LogP contribution < -0.4 is 5.32 Å². The molecule has 0 aliphatic heterocycles. The predicted octanol–water partition coefficient (Wildman–Crippen LogP) is 0.0459. The van der Waals surface area contributed by atoms with Crippen molar-refractivity contribution in [2.45, 2.75) is 44.4 Å². The molecular formula is C13H19NO7. The number of aliphatic hydroxyl groups is 1. The Labute approximate surface area is 121 Å². The number of carbonyl (C=O) groups is 3. The number of carboxylic acid groups (broad SMARTS) is 2. The van der Waals surface area contributed by atoms with E-state index in [1.807, 2.05) is 0 Å². The first-order valence-electron chi connectivity index (χ1n) is 6.65. The standard InChI is InChI=1S/C13H19NO7/c1-12(2,3)21-11(20)14-13-5(9(16)17)4-6(15)7(13)8(13)10(18)19/h5-8,15H,4H2,1-3H3,(H,14,20)(H,16,17)(H,18,19). The highest BCUT2D eigenvalue weighted by atomic mass is 16.6. The lowest BCUT2D eigenvalue weighted by Gasteiger charge is -2.26. The number of rotatable bonds is 3. The first kappa shape index (κ1) is 15.6. The number of fused-ring (bicyclic) bond motifs is 1. The fourth-order valence-electron chi connectivity index (χ4n) is 3.40. The van der Waals surface area contributed by atoms with E-state index < -0.39 is 53.0 Å². The van der Waals surface area contributed by atoms with Crippen molar-refractivity contribution >= 4 is 18.0 Å². The lowest BCUT2D eigenvalue weighted by atomic mass is 9.94. The molecule has 1 amide bonds. The number of nitrogens with one attached hydrogen (secondary N) is 1. The largest absolute Gasteiger partial charge is 0.481 e. The third kappa shape index (κ3) is 2.44. The quantitative estimate of drug-likeness (QED) is 0.578. The monoisotopic (exact) mass is 301 g/mol. The number of alkyl carbamates (subject to hydrolysis) is 1. The van der Waals surface area contributed by atoms with E-state index in [1.54, 1.807) is 20.8 Å². The Balaban J connectivity index is 2.25. The Kier molecular flexibility index (Phi) is 3.40. The number of carbonyl (C=O) groups excluding carboxylic acids is 1. The maximum Gasteiger partial charge on any atom is 0.408 e. The summed E-state index contributed by atoms with van der Waals surface area (Å²) in [5, 5.41) is 30.7. The lowest BCUT2D eigenvalue weighted by Crippen LogP contribution is -2.49. The topological polar surface area (TPSA) is 133 Å². The smallest absolute Gasteiger partial charge is 0.408 e. The molecule has 2 rings (SSSR count). The second-order valence-electron chi connectivity index (χ2n) is 6.60. The van der Waals surface area contributed by atoms with Gasteiger partial charge in [-0.15, -0.1) is 0 Å². The molecule has 4 N–H and O–H groups in total. The van der Waals surface area contributed by atoms with Gasteiger partial charge in [0.25, 0.3) is 0 Å². The minimum atomic E-state index is -1.47. The molecular weight excluding hydrogens is 282 g/mol. The van der Waals surface area contributed by atoms with E-state index in [0.29, 0.717) is 0 Å². The second-order valence-corrected chi connectivity index (χ2v) is 6.60. The summed E-state index contributed by atoms with van der Waals surface area (Å²) in [6.07, 6.45) is -2.03. The highest BCUT2D eigenvalue weighted by Gasteiger charge is 2.80. The summed E-state index contributed by atoms with van der Waals surface area (Å²) in [5.74, 6) is -5.54. The Morgan fingerprint density at radius 3 is 2.14 bits per heavy atom. The summed E-state index contributed by atoms with van der Waals surface area (Å²) in [7, 11) is 0. The maximum absolute atomic E-state index is 11.9. The third-order valence-corrected chi connectivity index (χ3v) is 4.07. The average Bonchev–Trinajstić information content (AvgIpc) is 2.83. The van der Waals surface area contributed by atoms with Gasteiger partial charge in [0.1, 0.15) is 5.60 Å². The van der Waals surface area contributed by atoms with E-state index >= 15 is 0 Å². The summed E-state index contributed by atoms with van der Waals surface area (Å²) < 4.78 is 5.07. The van der Waals surface area contributed by atoms with E-state index in [2.05, 4.69) is 5.32 Å². The van der Waals surface area contributed by atoms with Crippen LogP contribution in [-0.4, -0.2) is 50.6 Å². The molecule has 0 bridgehead atoms. The van der Waals surface area contributed by atoms with Crippen LogP contribution in [0.2, 0.25) is 0 Å². The highest BCUT2D eigenvalue weighted by Crippen LogP contribution is 2.64.